The van der Waals surface area contributed by atoms with Crippen LogP contribution in [0, 0.1) is 0 Å². The SMILES string of the molecule is COCCSCC(=O)NCc1ccccc1CC(=O)O. The summed E-state index contributed by atoms with van der Waals surface area (Å²) in [6.45, 7) is 0.979. The third kappa shape index (κ3) is 6.58. The Kier molecular flexibility index (Phi) is 7.75. The maximum absolute atomic E-state index is 11.6. The molecule has 0 saturated heterocycles. The van der Waals surface area contributed by atoms with E-state index in [-0.39, 0.29) is 12.3 Å². The third-order valence-corrected chi connectivity index (χ3v) is 3.52. The molecule has 6 heteroatoms. The summed E-state index contributed by atoms with van der Waals surface area (Å²) >= 11 is 1.50. The van der Waals surface area contributed by atoms with Crippen LogP contribution in [0.4, 0.5) is 0 Å². The number of nitrogens with one attached hydrogen (secondary N) is 1. The van der Waals surface area contributed by atoms with Gasteiger partial charge < -0.3 is 15.2 Å². The quantitative estimate of drug-likeness (QED) is 0.672. The van der Waals surface area contributed by atoms with E-state index in [4.69, 9.17) is 9.84 Å². The molecular weight excluding hydrogens is 278 g/mol. The Balaban J connectivity index is 2.41. The zero-order valence-corrected chi connectivity index (χ0v) is 12.2. The molecule has 0 aromatic heterocycles. The van der Waals surface area contributed by atoms with Crippen molar-refractivity contribution in [3.05, 3.63) is 35.4 Å². The van der Waals surface area contributed by atoms with Crippen molar-refractivity contribution >= 4 is 23.6 Å². The van der Waals surface area contributed by atoms with E-state index < -0.39 is 5.97 Å². The molecule has 5 nitrogen and oxygen atoms in total. The number of benzene rings is 1. The topological polar surface area (TPSA) is 75.6 Å². The largest absolute Gasteiger partial charge is 0.481 e. The number of methoxy groups -OCH3 is 1. The Morgan fingerprint density at radius 1 is 1.30 bits per heavy atom. The van der Waals surface area contributed by atoms with Crippen LogP contribution < -0.4 is 5.32 Å². The molecule has 0 saturated carbocycles. The van der Waals surface area contributed by atoms with Crippen LogP contribution in [0.25, 0.3) is 0 Å². The molecular formula is C14H19NO4S. The van der Waals surface area contributed by atoms with Crippen molar-refractivity contribution < 1.29 is 19.4 Å². The molecule has 0 heterocycles. The van der Waals surface area contributed by atoms with Crippen molar-refractivity contribution in [2.45, 2.75) is 13.0 Å². The Hall–Kier alpha value is -1.53. The van der Waals surface area contributed by atoms with E-state index in [0.717, 1.165) is 16.9 Å². The van der Waals surface area contributed by atoms with Gasteiger partial charge in [0.05, 0.1) is 18.8 Å². The fourth-order valence-corrected chi connectivity index (χ4v) is 2.33. The number of carbonyl (C=O) groups excluding carboxylic acids is 1. The number of carboxylic acids is 1. The van der Waals surface area contributed by atoms with E-state index in [1.54, 1.807) is 19.2 Å². The highest BCUT2D eigenvalue weighted by Crippen LogP contribution is 2.09. The molecule has 0 aliphatic carbocycles. The molecule has 1 aromatic carbocycles. The van der Waals surface area contributed by atoms with Gasteiger partial charge >= 0.3 is 5.97 Å². The maximum Gasteiger partial charge on any atom is 0.307 e. The van der Waals surface area contributed by atoms with Crippen LogP contribution in [-0.4, -0.2) is 42.2 Å². The number of rotatable bonds is 9. The maximum atomic E-state index is 11.6. The number of hydrogen-bond acceptors (Lipinski definition) is 4. The molecule has 0 atom stereocenters. The molecule has 0 unspecified atom stereocenters. The lowest BCUT2D eigenvalue weighted by Gasteiger charge is -2.09. The first-order valence-corrected chi connectivity index (χ1v) is 7.41. The lowest BCUT2D eigenvalue weighted by molar-refractivity contribution is -0.136. The van der Waals surface area contributed by atoms with Crippen LogP contribution in [0.15, 0.2) is 24.3 Å². The second kappa shape index (κ2) is 9.39. The summed E-state index contributed by atoms with van der Waals surface area (Å²) < 4.78 is 4.90. The lowest BCUT2D eigenvalue weighted by atomic mass is 10.0. The number of aliphatic carboxylic acids is 1. The molecule has 2 N–H and O–H groups in total. The minimum Gasteiger partial charge on any atom is -0.481 e. The van der Waals surface area contributed by atoms with Crippen molar-refractivity contribution in [1.82, 2.24) is 5.32 Å². The van der Waals surface area contributed by atoms with Gasteiger partial charge in [0.1, 0.15) is 0 Å². The van der Waals surface area contributed by atoms with Crippen LogP contribution in [0.2, 0.25) is 0 Å². The van der Waals surface area contributed by atoms with Crippen LogP contribution >= 0.6 is 11.8 Å². The molecule has 0 aliphatic rings. The van der Waals surface area contributed by atoms with E-state index >= 15 is 0 Å². The van der Waals surface area contributed by atoms with E-state index in [1.807, 2.05) is 12.1 Å². The summed E-state index contributed by atoms with van der Waals surface area (Å²) in [5, 5.41) is 11.6. The molecule has 1 aromatic rings. The fraction of sp³-hybridized carbons (Fsp3) is 0.429. The highest BCUT2D eigenvalue weighted by molar-refractivity contribution is 7.99. The van der Waals surface area contributed by atoms with Gasteiger partial charge in [-0.2, -0.15) is 0 Å². The number of carbonyl (C=O) groups is 2. The first kappa shape index (κ1) is 16.5. The predicted octanol–water partition coefficient (Wildman–Crippen LogP) is 1.31. The third-order valence-electron chi connectivity index (χ3n) is 2.60. The first-order valence-electron chi connectivity index (χ1n) is 6.25. The van der Waals surface area contributed by atoms with Crippen molar-refractivity contribution in [3.63, 3.8) is 0 Å². The Labute approximate surface area is 122 Å². The molecule has 0 fully saturated rings. The second-order valence-corrected chi connectivity index (χ2v) is 5.27. The summed E-state index contributed by atoms with van der Waals surface area (Å²) in [6.07, 6.45) is -0.0331. The summed E-state index contributed by atoms with van der Waals surface area (Å²) in [5.41, 5.74) is 1.57. The second-order valence-electron chi connectivity index (χ2n) is 4.16. The monoisotopic (exact) mass is 297 g/mol. The smallest absolute Gasteiger partial charge is 0.307 e. The van der Waals surface area contributed by atoms with E-state index in [9.17, 15) is 9.59 Å². The lowest BCUT2D eigenvalue weighted by Crippen LogP contribution is -2.25. The minimum atomic E-state index is -0.876. The van der Waals surface area contributed by atoms with E-state index in [2.05, 4.69) is 5.32 Å². The number of thioether (sulfide) groups is 1. The molecule has 1 amide bonds. The number of hydrogen-bond donors (Lipinski definition) is 2. The summed E-state index contributed by atoms with van der Waals surface area (Å²) in [4.78, 5) is 22.4. The van der Waals surface area contributed by atoms with Gasteiger partial charge in [0, 0.05) is 19.4 Å². The van der Waals surface area contributed by atoms with Gasteiger partial charge in [0.25, 0.3) is 0 Å². The summed E-state index contributed by atoms with van der Waals surface area (Å²) in [5.74, 6) is 0.222. The van der Waals surface area contributed by atoms with Gasteiger partial charge in [-0.3, -0.25) is 9.59 Å². The van der Waals surface area contributed by atoms with Gasteiger partial charge in [-0.05, 0) is 11.1 Å². The van der Waals surface area contributed by atoms with Gasteiger partial charge in [-0.1, -0.05) is 24.3 Å². The number of carboxylic acid groups (broad SMARTS) is 1. The summed E-state index contributed by atoms with van der Waals surface area (Å²) in [7, 11) is 1.63. The normalized spacial score (nSPS) is 10.2. The molecule has 0 radical (unpaired) electrons. The highest BCUT2D eigenvalue weighted by Gasteiger charge is 2.07. The zero-order chi connectivity index (χ0) is 14.8. The van der Waals surface area contributed by atoms with Crippen molar-refractivity contribution in [1.29, 1.82) is 0 Å². The minimum absolute atomic E-state index is 0.0331. The van der Waals surface area contributed by atoms with E-state index in [1.165, 1.54) is 11.8 Å². The van der Waals surface area contributed by atoms with Crippen LogP contribution in [0.1, 0.15) is 11.1 Å². The van der Waals surface area contributed by atoms with Gasteiger partial charge in [0.2, 0.25) is 5.91 Å². The van der Waals surface area contributed by atoms with Crippen molar-refractivity contribution in [2.75, 3.05) is 25.2 Å². The van der Waals surface area contributed by atoms with E-state index in [0.29, 0.717) is 18.9 Å². The van der Waals surface area contributed by atoms with Crippen molar-refractivity contribution in [3.8, 4) is 0 Å². The standard InChI is InChI=1S/C14H19NO4S/c1-19-6-7-20-10-13(16)15-9-12-5-3-2-4-11(12)8-14(17)18/h2-5H,6-10H2,1H3,(H,15,16)(H,17,18). The zero-order valence-electron chi connectivity index (χ0n) is 11.4. The Bertz CT molecular complexity index is 451. The molecule has 1 rings (SSSR count). The molecule has 0 aliphatic heterocycles. The fourth-order valence-electron chi connectivity index (χ4n) is 1.62. The van der Waals surface area contributed by atoms with Crippen molar-refractivity contribution in [2.24, 2.45) is 0 Å². The molecule has 0 spiro atoms. The van der Waals surface area contributed by atoms with Gasteiger partial charge in [0.15, 0.2) is 0 Å². The Morgan fingerprint density at radius 2 is 2.00 bits per heavy atom. The predicted molar refractivity (Wildman–Crippen MR) is 78.8 cm³/mol. The number of ether oxygens (including phenoxy) is 1. The molecule has 110 valence electrons. The summed E-state index contributed by atoms with van der Waals surface area (Å²) in [6, 6.07) is 7.23. The molecule has 0 bridgehead atoms. The van der Waals surface area contributed by atoms with Crippen LogP contribution in [0.5, 0.6) is 0 Å². The van der Waals surface area contributed by atoms with Crippen LogP contribution in [-0.2, 0) is 27.3 Å². The average molecular weight is 297 g/mol. The Morgan fingerprint density at radius 3 is 2.65 bits per heavy atom. The van der Waals surface area contributed by atoms with Gasteiger partial charge in [-0.15, -0.1) is 11.8 Å². The first-order chi connectivity index (χ1) is 9.63. The highest BCUT2D eigenvalue weighted by atomic mass is 32.2. The van der Waals surface area contributed by atoms with Crippen LogP contribution in [0.3, 0.4) is 0 Å². The molecule has 20 heavy (non-hydrogen) atoms. The average Bonchev–Trinajstić information content (AvgIpc) is 2.42. The number of amides is 1. The van der Waals surface area contributed by atoms with Gasteiger partial charge in [-0.25, -0.2) is 0 Å².